The van der Waals surface area contributed by atoms with Crippen molar-refractivity contribution in [1.29, 1.82) is 5.26 Å². The van der Waals surface area contributed by atoms with Crippen LogP contribution in [0, 0.1) is 28.4 Å². The predicted molar refractivity (Wildman–Crippen MR) is 220 cm³/mol. The van der Waals surface area contributed by atoms with Gasteiger partial charge in [0.2, 0.25) is 12.1 Å². The first-order valence-electron chi connectivity index (χ1n) is 19.3. The van der Waals surface area contributed by atoms with E-state index in [9.17, 15) is 29.5 Å². The molecule has 2 saturated heterocycles. The van der Waals surface area contributed by atoms with Crippen LogP contribution in [0.2, 0.25) is 10.0 Å². The molecule has 3 aromatic rings. The number of piperazine rings is 1. The molecule has 2 heterocycles. The molecular weight excluding hydrogens is 823 g/mol. The lowest BCUT2D eigenvalue weighted by molar-refractivity contribution is -0.904. The molecule has 0 aliphatic carbocycles. The average molecular weight is 874 g/mol. The fourth-order valence-corrected chi connectivity index (χ4v) is 8.39. The summed E-state index contributed by atoms with van der Waals surface area (Å²) in [5.74, 6) is -4.61. The Hall–Kier alpha value is -5.01. The van der Waals surface area contributed by atoms with Gasteiger partial charge < -0.3 is 30.0 Å². The maximum absolute atomic E-state index is 16.1. The van der Waals surface area contributed by atoms with E-state index in [1.807, 2.05) is 20.8 Å². The Morgan fingerprint density at radius 3 is 2.28 bits per heavy atom. The fourth-order valence-electron chi connectivity index (χ4n) is 8.05. The number of quaternary nitrogens is 1. The number of carbonyl (C=O) groups is 4. The number of carbonyl (C=O) groups excluding carboxylic acids is 3. The lowest BCUT2D eigenvalue weighted by Crippen LogP contribution is -2.67. The van der Waals surface area contributed by atoms with E-state index < -0.39 is 80.8 Å². The summed E-state index contributed by atoms with van der Waals surface area (Å²) in [5, 5.41) is 27.3. The summed E-state index contributed by atoms with van der Waals surface area (Å²) in [6.45, 7) is 12.4. The molecule has 5 atom stereocenters. The SMILES string of the molecule is COc1cc(C(=O)OC(C)[N+]2(C(=O)O)CCN(C(=O)OC(C)(C)C)CC2)ccc1NC(=O)[C@@H]1N[C@@H](CC(C)(C)C)[C@](C#N)(c2ccc(Cl)cc2F)[C@H]1c1cccc(Cl)c1F. The van der Waals surface area contributed by atoms with Crippen molar-refractivity contribution in [2.45, 2.75) is 90.1 Å². The van der Waals surface area contributed by atoms with Gasteiger partial charge in [0.1, 0.15) is 41.5 Å². The van der Waals surface area contributed by atoms with E-state index in [0.29, 0.717) is 0 Å². The number of methoxy groups -OCH3 is 1. The van der Waals surface area contributed by atoms with Crippen LogP contribution in [0.1, 0.15) is 82.3 Å². The number of rotatable bonds is 9. The third kappa shape index (κ3) is 9.32. The molecule has 3 N–H and O–H groups in total. The molecule has 17 heteroatoms. The number of nitrogens with zero attached hydrogens (tertiary/aromatic N) is 3. The number of amides is 3. The van der Waals surface area contributed by atoms with Crippen molar-refractivity contribution in [1.82, 2.24) is 10.2 Å². The molecule has 0 saturated carbocycles. The van der Waals surface area contributed by atoms with Gasteiger partial charge >= 0.3 is 18.2 Å². The maximum Gasteiger partial charge on any atom is 0.516 e. The number of hydrogen-bond donors (Lipinski definition) is 3. The Bertz CT molecular complexity index is 2200. The van der Waals surface area contributed by atoms with Gasteiger partial charge in [0.15, 0.2) is 0 Å². The summed E-state index contributed by atoms with van der Waals surface area (Å²) in [5.41, 5.74) is -3.17. The second-order valence-corrected chi connectivity index (χ2v) is 18.2. The van der Waals surface area contributed by atoms with Crippen LogP contribution >= 0.6 is 23.2 Å². The number of hydrogen-bond acceptors (Lipinski definition) is 9. The van der Waals surface area contributed by atoms with Crippen LogP contribution in [0.5, 0.6) is 5.75 Å². The molecule has 0 spiro atoms. The first kappa shape index (κ1) is 46.1. The second kappa shape index (κ2) is 17.5. The molecule has 5 rings (SSSR count). The fraction of sp³-hybridized carbons (Fsp3) is 0.465. The lowest BCUT2D eigenvalue weighted by Gasteiger charge is -2.42. The maximum atomic E-state index is 16.1. The molecule has 0 aromatic heterocycles. The van der Waals surface area contributed by atoms with Gasteiger partial charge in [-0.05, 0) is 74.6 Å². The zero-order chi connectivity index (χ0) is 44.5. The van der Waals surface area contributed by atoms with Crippen molar-refractivity contribution in [3.8, 4) is 11.8 Å². The minimum Gasteiger partial charge on any atom is -0.495 e. The summed E-state index contributed by atoms with van der Waals surface area (Å²) in [4.78, 5) is 54.7. The van der Waals surface area contributed by atoms with E-state index in [2.05, 4.69) is 16.7 Å². The van der Waals surface area contributed by atoms with E-state index in [-0.39, 0.29) is 70.8 Å². The number of nitriles is 1. The predicted octanol–water partition coefficient (Wildman–Crippen LogP) is 8.49. The topological polar surface area (TPSA) is 167 Å². The number of ether oxygens (including phenoxy) is 3. The normalized spacial score (nSPS) is 22.0. The van der Waals surface area contributed by atoms with E-state index in [1.165, 1.54) is 67.5 Å². The second-order valence-electron chi connectivity index (χ2n) is 17.3. The lowest BCUT2D eigenvalue weighted by atomic mass is 9.62. The molecule has 0 radical (unpaired) electrons. The Morgan fingerprint density at radius 1 is 1.05 bits per heavy atom. The quantitative estimate of drug-likeness (QED) is 0.140. The summed E-state index contributed by atoms with van der Waals surface area (Å²) in [6, 6.07) is 12.2. The number of benzene rings is 3. The first-order valence-corrected chi connectivity index (χ1v) is 20.1. The number of anilines is 1. The Morgan fingerprint density at radius 2 is 1.72 bits per heavy atom. The van der Waals surface area contributed by atoms with Gasteiger partial charge in [0, 0.05) is 29.5 Å². The van der Waals surface area contributed by atoms with Crippen molar-refractivity contribution < 1.29 is 51.8 Å². The van der Waals surface area contributed by atoms with Crippen LogP contribution in [-0.4, -0.2) is 95.8 Å². The van der Waals surface area contributed by atoms with Gasteiger partial charge in [-0.3, -0.25) is 9.69 Å². The van der Waals surface area contributed by atoms with Crippen LogP contribution in [0.15, 0.2) is 54.6 Å². The van der Waals surface area contributed by atoms with Crippen LogP contribution in [0.3, 0.4) is 0 Å². The van der Waals surface area contributed by atoms with Crippen molar-refractivity contribution in [3.63, 3.8) is 0 Å². The highest BCUT2D eigenvalue weighted by atomic mass is 35.5. The highest BCUT2D eigenvalue weighted by Crippen LogP contribution is 2.53. The minimum absolute atomic E-state index is 0.0172. The number of esters is 1. The smallest absolute Gasteiger partial charge is 0.495 e. The molecule has 2 aliphatic rings. The summed E-state index contributed by atoms with van der Waals surface area (Å²) < 4.78 is 48.2. The Balaban J connectivity index is 1.45. The van der Waals surface area contributed by atoms with E-state index >= 15 is 8.78 Å². The van der Waals surface area contributed by atoms with Crippen molar-refractivity contribution in [3.05, 3.63) is 93.0 Å². The largest absolute Gasteiger partial charge is 0.516 e. The van der Waals surface area contributed by atoms with Crippen molar-refractivity contribution in [2.75, 3.05) is 38.6 Å². The minimum atomic E-state index is -1.86. The highest BCUT2D eigenvalue weighted by Gasteiger charge is 2.61. The van der Waals surface area contributed by atoms with Crippen LogP contribution in [0.25, 0.3) is 0 Å². The summed E-state index contributed by atoms with van der Waals surface area (Å²) >= 11 is 12.4. The van der Waals surface area contributed by atoms with E-state index in [0.717, 1.165) is 6.07 Å². The number of carboxylic acid groups (broad SMARTS) is 1. The summed E-state index contributed by atoms with van der Waals surface area (Å²) in [7, 11) is 1.30. The molecule has 322 valence electrons. The molecular formula is C43H50Cl2F2N5O8+. The molecule has 3 aromatic carbocycles. The van der Waals surface area contributed by atoms with E-state index in [1.54, 1.807) is 20.8 Å². The third-order valence-electron chi connectivity index (χ3n) is 11.0. The van der Waals surface area contributed by atoms with Crippen molar-refractivity contribution >= 4 is 53.0 Å². The van der Waals surface area contributed by atoms with Gasteiger partial charge in [0.05, 0.1) is 48.6 Å². The monoisotopic (exact) mass is 872 g/mol. The number of halogens is 4. The highest BCUT2D eigenvalue weighted by molar-refractivity contribution is 6.31. The average Bonchev–Trinajstić information content (AvgIpc) is 3.47. The third-order valence-corrected chi connectivity index (χ3v) is 11.5. The molecule has 2 fully saturated rings. The Labute approximate surface area is 358 Å². The van der Waals surface area contributed by atoms with Crippen LogP contribution < -0.4 is 15.4 Å². The summed E-state index contributed by atoms with van der Waals surface area (Å²) in [6.07, 6.45) is -2.73. The standard InChI is InChI=1S/C43H49Cl2F2N5O8/c1-24(52(40(56)57)18-16-51(17-19-52)39(55)60-42(5,6)7)59-38(54)25-12-15-31(32(20-25)58-8)49-37(53)36-34(27-10-9-11-29(45)35(27)47)43(23-48,33(50-36)22-41(2,3)4)28-14-13-26(44)21-30(28)46/h9-15,20-21,24,33-34,36,50H,16-19,22H2,1-8H3,(H-,49,53,54,56,57)/p+1/t24?,33-,34-,36+,43-/m0/s1. The van der Waals surface area contributed by atoms with E-state index in [4.69, 9.17) is 37.4 Å². The Kier molecular flexibility index (Phi) is 13.5. The molecule has 1 unspecified atom stereocenters. The zero-order valence-electron chi connectivity index (χ0n) is 34.7. The molecule has 3 amide bonds. The molecule has 13 nitrogen and oxygen atoms in total. The number of nitrogens with one attached hydrogen (secondary N) is 2. The van der Waals surface area contributed by atoms with Gasteiger partial charge in [0.25, 0.3) is 0 Å². The van der Waals surface area contributed by atoms with Crippen molar-refractivity contribution in [2.24, 2.45) is 5.41 Å². The van der Waals surface area contributed by atoms with Crippen LogP contribution in [-0.2, 0) is 19.7 Å². The molecule has 60 heavy (non-hydrogen) atoms. The van der Waals surface area contributed by atoms with Gasteiger partial charge in [-0.1, -0.05) is 62.2 Å². The van der Waals surface area contributed by atoms with Gasteiger partial charge in [-0.15, -0.1) is 0 Å². The first-order chi connectivity index (χ1) is 28.0. The van der Waals surface area contributed by atoms with Gasteiger partial charge in [-0.2, -0.15) is 14.5 Å². The molecule has 0 bridgehead atoms. The van der Waals surface area contributed by atoms with Crippen LogP contribution in [0.4, 0.5) is 24.1 Å². The molecule has 2 aliphatic heterocycles. The van der Waals surface area contributed by atoms with Gasteiger partial charge in [-0.25, -0.2) is 18.4 Å². The zero-order valence-corrected chi connectivity index (χ0v) is 36.2.